The van der Waals surface area contributed by atoms with Crippen LogP contribution in [0, 0.1) is 5.82 Å². The molecule has 0 radical (unpaired) electrons. The first-order chi connectivity index (χ1) is 14.1. The number of benzene rings is 1. The van der Waals surface area contributed by atoms with E-state index in [0.717, 1.165) is 35.9 Å². The monoisotopic (exact) mass is 412 g/mol. The molecular weight excluding hydrogens is 391 g/mol. The number of carbonyl (C=O) groups is 1. The molecule has 1 aromatic carbocycles. The third kappa shape index (κ3) is 4.44. The highest BCUT2D eigenvalue weighted by Crippen LogP contribution is 2.24. The average molecular weight is 412 g/mol. The Kier molecular flexibility index (Phi) is 5.82. The van der Waals surface area contributed by atoms with E-state index in [2.05, 4.69) is 14.9 Å². The predicted molar refractivity (Wildman–Crippen MR) is 109 cm³/mol. The molecule has 8 heteroatoms. The maximum absolute atomic E-state index is 13.1. The Morgan fingerprint density at radius 3 is 2.66 bits per heavy atom. The fourth-order valence-corrected chi connectivity index (χ4v) is 4.17. The van der Waals surface area contributed by atoms with Gasteiger partial charge in [-0.1, -0.05) is 0 Å². The molecular formula is C21H21FN4O2S. The number of piperazine rings is 1. The smallest absolute Gasteiger partial charge is 0.259 e. The first-order valence-electron chi connectivity index (χ1n) is 9.35. The number of pyridine rings is 1. The summed E-state index contributed by atoms with van der Waals surface area (Å²) in [6.07, 6.45) is 1.61. The molecule has 150 valence electrons. The summed E-state index contributed by atoms with van der Waals surface area (Å²) in [7, 11) is 1.52. The quantitative estimate of drug-likeness (QED) is 0.644. The van der Waals surface area contributed by atoms with E-state index in [1.54, 1.807) is 41.8 Å². The van der Waals surface area contributed by atoms with Crippen LogP contribution in [0.3, 0.4) is 0 Å². The zero-order valence-electron chi connectivity index (χ0n) is 16.0. The van der Waals surface area contributed by atoms with E-state index < -0.39 is 0 Å². The van der Waals surface area contributed by atoms with Gasteiger partial charge in [-0.3, -0.25) is 9.69 Å². The number of halogens is 1. The molecule has 1 amide bonds. The Morgan fingerprint density at radius 1 is 1.17 bits per heavy atom. The van der Waals surface area contributed by atoms with Gasteiger partial charge in [0.2, 0.25) is 5.88 Å². The van der Waals surface area contributed by atoms with Crippen molar-refractivity contribution in [1.29, 1.82) is 0 Å². The van der Waals surface area contributed by atoms with Gasteiger partial charge in [0.1, 0.15) is 16.4 Å². The molecule has 1 saturated heterocycles. The molecule has 3 heterocycles. The van der Waals surface area contributed by atoms with Crippen LogP contribution >= 0.6 is 11.3 Å². The Bertz CT molecular complexity index is 984. The molecule has 0 saturated carbocycles. The third-order valence-corrected chi connectivity index (χ3v) is 5.74. The number of thiazole rings is 1. The Morgan fingerprint density at radius 2 is 1.93 bits per heavy atom. The lowest BCUT2D eigenvalue weighted by atomic mass is 10.2. The standard InChI is InChI=1S/C21H21FN4O2S/c1-28-20-17(3-2-8-23-20)21(27)26-11-9-25(10-12-26)13-19-24-18(14-29-19)15-4-6-16(22)7-5-15/h2-8,14H,9-13H2,1H3. The number of amides is 1. The van der Waals surface area contributed by atoms with Crippen LogP contribution in [0.2, 0.25) is 0 Å². The van der Waals surface area contributed by atoms with Crippen LogP contribution in [0.4, 0.5) is 4.39 Å². The van der Waals surface area contributed by atoms with Gasteiger partial charge in [-0.25, -0.2) is 14.4 Å². The van der Waals surface area contributed by atoms with Gasteiger partial charge in [0.05, 0.1) is 19.3 Å². The molecule has 4 rings (SSSR count). The second kappa shape index (κ2) is 8.67. The van der Waals surface area contributed by atoms with Crippen molar-refractivity contribution in [3.8, 4) is 17.1 Å². The number of rotatable bonds is 5. The number of carbonyl (C=O) groups excluding carboxylic acids is 1. The van der Waals surface area contributed by atoms with E-state index in [1.165, 1.54) is 19.2 Å². The maximum Gasteiger partial charge on any atom is 0.259 e. The van der Waals surface area contributed by atoms with E-state index in [-0.39, 0.29) is 11.7 Å². The summed E-state index contributed by atoms with van der Waals surface area (Å²) >= 11 is 1.60. The van der Waals surface area contributed by atoms with E-state index in [1.807, 2.05) is 10.3 Å². The van der Waals surface area contributed by atoms with Crippen LogP contribution in [0.5, 0.6) is 5.88 Å². The molecule has 3 aromatic rings. The minimum atomic E-state index is -0.250. The van der Waals surface area contributed by atoms with Gasteiger partial charge in [-0.05, 0) is 36.4 Å². The molecule has 1 aliphatic heterocycles. The molecule has 2 aromatic heterocycles. The summed E-state index contributed by atoms with van der Waals surface area (Å²) in [6.45, 7) is 3.59. The zero-order chi connectivity index (χ0) is 20.2. The normalized spacial score (nSPS) is 14.8. The van der Waals surface area contributed by atoms with Crippen molar-refractivity contribution in [1.82, 2.24) is 19.8 Å². The van der Waals surface area contributed by atoms with E-state index in [9.17, 15) is 9.18 Å². The lowest BCUT2D eigenvalue weighted by Gasteiger charge is -2.34. The largest absolute Gasteiger partial charge is 0.480 e. The second-order valence-electron chi connectivity index (χ2n) is 6.76. The number of aromatic nitrogens is 2. The summed E-state index contributed by atoms with van der Waals surface area (Å²) in [5, 5.41) is 3.01. The van der Waals surface area contributed by atoms with Crippen LogP contribution in [0.25, 0.3) is 11.3 Å². The average Bonchev–Trinajstić information content (AvgIpc) is 3.22. The highest BCUT2D eigenvalue weighted by Gasteiger charge is 2.25. The maximum atomic E-state index is 13.1. The highest BCUT2D eigenvalue weighted by molar-refractivity contribution is 7.09. The van der Waals surface area contributed by atoms with Crippen molar-refractivity contribution >= 4 is 17.2 Å². The highest BCUT2D eigenvalue weighted by atomic mass is 32.1. The Hall–Kier alpha value is -2.84. The summed E-state index contributed by atoms with van der Waals surface area (Å²) < 4.78 is 18.3. The van der Waals surface area contributed by atoms with Crippen LogP contribution in [-0.2, 0) is 6.54 Å². The summed E-state index contributed by atoms with van der Waals surface area (Å²) in [4.78, 5) is 25.7. The summed E-state index contributed by atoms with van der Waals surface area (Å²) in [6, 6.07) is 9.86. The third-order valence-electron chi connectivity index (χ3n) is 4.91. The van der Waals surface area contributed by atoms with Crippen molar-refractivity contribution in [2.45, 2.75) is 6.54 Å². The molecule has 1 aliphatic rings. The minimum absolute atomic E-state index is 0.0533. The van der Waals surface area contributed by atoms with Gasteiger partial charge in [0.25, 0.3) is 5.91 Å². The predicted octanol–water partition coefficient (Wildman–Crippen LogP) is 3.31. The van der Waals surface area contributed by atoms with Gasteiger partial charge in [-0.15, -0.1) is 11.3 Å². The summed E-state index contributed by atoms with van der Waals surface area (Å²) in [5.41, 5.74) is 2.27. The van der Waals surface area contributed by atoms with Gasteiger partial charge < -0.3 is 9.64 Å². The molecule has 0 aliphatic carbocycles. The Labute approximate surface area is 172 Å². The topological polar surface area (TPSA) is 58.6 Å². The first kappa shape index (κ1) is 19.5. The van der Waals surface area contributed by atoms with E-state index in [0.29, 0.717) is 24.5 Å². The van der Waals surface area contributed by atoms with Crippen LogP contribution < -0.4 is 4.74 Å². The Balaban J connectivity index is 1.34. The van der Waals surface area contributed by atoms with Crippen molar-refractivity contribution in [3.05, 3.63) is 64.4 Å². The lowest BCUT2D eigenvalue weighted by Crippen LogP contribution is -2.48. The lowest BCUT2D eigenvalue weighted by molar-refractivity contribution is 0.0624. The van der Waals surface area contributed by atoms with Crippen LogP contribution in [-0.4, -0.2) is 59.0 Å². The SMILES string of the molecule is COc1ncccc1C(=O)N1CCN(Cc2nc(-c3ccc(F)cc3)cs2)CC1. The van der Waals surface area contributed by atoms with Crippen molar-refractivity contribution in [3.63, 3.8) is 0 Å². The van der Waals surface area contributed by atoms with E-state index in [4.69, 9.17) is 4.74 Å². The number of methoxy groups -OCH3 is 1. The van der Waals surface area contributed by atoms with Crippen molar-refractivity contribution in [2.24, 2.45) is 0 Å². The molecule has 0 unspecified atom stereocenters. The van der Waals surface area contributed by atoms with Crippen LogP contribution in [0.15, 0.2) is 48.0 Å². The van der Waals surface area contributed by atoms with Gasteiger partial charge >= 0.3 is 0 Å². The summed E-state index contributed by atoms with van der Waals surface area (Å²) in [5.74, 6) is 0.0546. The number of hydrogen-bond donors (Lipinski definition) is 0. The fourth-order valence-electron chi connectivity index (χ4n) is 3.32. The van der Waals surface area contributed by atoms with Gasteiger partial charge in [-0.2, -0.15) is 0 Å². The van der Waals surface area contributed by atoms with Crippen molar-refractivity contribution in [2.75, 3.05) is 33.3 Å². The van der Waals surface area contributed by atoms with Gasteiger partial charge in [0, 0.05) is 43.3 Å². The first-order valence-corrected chi connectivity index (χ1v) is 10.2. The van der Waals surface area contributed by atoms with E-state index >= 15 is 0 Å². The van der Waals surface area contributed by atoms with Crippen LogP contribution in [0.1, 0.15) is 15.4 Å². The molecule has 1 fully saturated rings. The molecule has 6 nitrogen and oxygen atoms in total. The number of hydrogen-bond acceptors (Lipinski definition) is 6. The number of ether oxygens (including phenoxy) is 1. The molecule has 0 spiro atoms. The minimum Gasteiger partial charge on any atom is -0.480 e. The van der Waals surface area contributed by atoms with Crippen molar-refractivity contribution < 1.29 is 13.9 Å². The second-order valence-corrected chi connectivity index (χ2v) is 7.70. The number of nitrogens with zero attached hydrogens (tertiary/aromatic N) is 4. The zero-order valence-corrected chi connectivity index (χ0v) is 16.9. The van der Waals surface area contributed by atoms with Gasteiger partial charge in [0.15, 0.2) is 0 Å². The molecule has 0 bridgehead atoms. The fraction of sp³-hybridized carbons (Fsp3) is 0.286. The molecule has 0 N–H and O–H groups in total. The molecule has 29 heavy (non-hydrogen) atoms. The molecule has 0 atom stereocenters.